The molecule has 3 aromatic rings. The summed E-state index contributed by atoms with van der Waals surface area (Å²) < 4.78 is 6.69. The molecular weight excluding hydrogens is 406 g/mol. The average molecular weight is 430 g/mol. The summed E-state index contributed by atoms with van der Waals surface area (Å²) in [4.78, 5) is 19.8. The first-order chi connectivity index (χ1) is 14.0. The van der Waals surface area contributed by atoms with Gasteiger partial charge in [0, 0.05) is 13.1 Å². The van der Waals surface area contributed by atoms with Gasteiger partial charge in [-0.05, 0) is 62.6 Å². The second kappa shape index (κ2) is 8.59. The third-order valence-corrected chi connectivity index (χ3v) is 6.50. The van der Waals surface area contributed by atoms with Crippen LogP contribution in [0.3, 0.4) is 0 Å². The Kier molecular flexibility index (Phi) is 5.92. The summed E-state index contributed by atoms with van der Waals surface area (Å²) in [6.07, 6.45) is 1.82. The summed E-state index contributed by atoms with van der Waals surface area (Å²) in [5.41, 5.74) is 2.70. The quantitative estimate of drug-likeness (QED) is 0.580. The number of rotatable bonds is 5. The van der Waals surface area contributed by atoms with Crippen molar-refractivity contribution in [2.24, 2.45) is 5.92 Å². The Bertz CT molecular complexity index is 1040. The van der Waals surface area contributed by atoms with E-state index in [1.54, 1.807) is 11.3 Å². The van der Waals surface area contributed by atoms with E-state index in [1.807, 2.05) is 50.2 Å². The van der Waals surface area contributed by atoms with Crippen LogP contribution < -0.4 is 15.0 Å². The molecule has 1 fully saturated rings. The van der Waals surface area contributed by atoms with Crippen LogP contribution in [0.4, 0.5) is 10.8 Å². The molecule has 29 heavy (non-hydrogen) atoms. The number of amides is 1. The van der Waals surface area contributed by atoms with Gasteiger partial charge in [-0.1, -0.05) is 29.0 Å². The number of aromatic nitrogens is 1. The molecule has 1 aromatic heterocycles. The number of halogens is 1. The number of thiazole rings is 1. The predicted molar refractivity (Wildman–Crippen MR) is 121 cm³/mol. The highest BCUT2D eigenvalue weighted by Gasteiger charge is 2.28. The summed E-state index contributed by atoms with van der Waals surface area (Å²) >= 11 is 7.92. The third-order valence-electron chi connectivity index (χ3n) is 5.10. The summed E-state index contributed by atoms with van der Waals surface area (Å²) in [5.74, 6) is 0.786. The zero-order chi connectivity index (χ0) is 20.4. The Morgan fingerprint density at radius 2 is 2.21 bits per heavy atom. The number of hydrogen-bond acceptors (Lipinski definition) is 5. The van der Waals surface area contributed by atoms with Crippen LogP contribution >= 0.6 is 22.9 Å². The molecule has 2 aromatic carbocycles. The maximum Gasteiger partial charge on any atom is 0.229 e. The molecule has 1 amide bonds. The lowest BCUT2D eigenvalue weighted by Crippen LogP contribution is -2.40. The van der Waals surface area contributed by atoms with E-state index in [0.717, 1.165) is 46.0 Å². The van der Waals surface area contributed by atoms with E-state index in [1.165, 1.54) is 0 Å². The van der Waals surface area contributed by atoms with Crippen LogP contribution in [0.5, 0.6) is 5.75 Å². The number of benzene rings is 2. The van der Waals surface area contributed by atoms with Crippen molar-refractivity contribution in [1.29, 1.82) is 0 Å². The van der Waals surface area contributed by atoms with E-state index >= 15 is 0 Å². The van der Waals surface area contributed by atoms with Gasteiger partial charge in [0.1, 0.15) is 5.75 Å². The van der Waals surface area contributed by atoms with E-state index < -0.39 is 0 Å². The number of aryl methyl sites for hydroxylation is 1. The van der Waals surface area contributed by atoms with Crippen LogP contribution in [-0.4, -0.2) is 30.6 Å². The minimum absolute atomic E-state index is 0.0141. The van der Waals surface area contributed by atoms with Crippen LogP contribution in [0.2, 0.25) is 5.02 Å². The Hall–Kier alpha value is -2.31. The lowest BCUT2D eigenvalue weighted by Gasteiger charge is -2.31. The zero-order valence-electron chi connectivity index (χ0n) is 16.6. The monoisotopic (exact) mass is 429 g/mol. The maximum atomic E-state index is 12.8. The highest BCUT2D eigenvalue weighted by atomic mass is 35.5. The first-order valence-corrected chi connectivity index (χ1v) is 11.1. The van der Waals surface area contributed by atoms with Crippen molar-refractivity contribution >= 4 is 49.9 Å². The number of nitrogens with zero attached hydrogens (tertiary/aromatic N) is 2. The third kappa shape index (κ3) is 4.49. The van der Waals surface area contributed by atoms with Crippen LogP contribution in [0, 0.1) is 12.8 Å². The fourth-order valence-corrected chi connectivity index (χ4v) is 4.92. The van der Waals surface area contributed by atoms with Gasteiger partial charge in [-0.25, -0.2) is 4.98 Å². The number of carbonyl (C=O) groups excluding carboxylic acids is 1. The molecule has 7 heteroatoms. The summed E-state index contributed by atoms with van der Waals surface area (Å²) in [7, 11) is 0. The minimum atomic E-state index is -0.0906. The summed E-state index contributed by atoms with van der Waals surface area (Å²) in [6.45, 7) is 6.17. The molecule has 2 heterocycles. The molecule has 1 saturated heterocycles. The van der Waals surface area contributed by atoms with E-state index in [4.69, 9.17) is 21.3 Å². The van der Waals surface area contributed by atoms with Crippen molar-refractivity contribution in [2.45, 2.75) is 26.7 Å². The molecule has 0 radical (unpaired) electrons. The average Bonchev–Trinajstić information content (AvgIpc) is 3.14. The zero-order valence-corrected chi connectivity index (χ0v) is 18.1. The normalized spacial score (nSPS) is 16.8. The fourth-order valence-electron chi connectivity index (χ4n) is 3.61. The molecule has 0 aliphatic carbocycles. The topological polar surface area (TPSA) is 54.5 Å². The van der Waals surface area contributed by atoms with E-state index in [2.05, 4.69) is 10.2 Å². The molecule has 4 rings (SSSR count). The Labute approximate surface area is 179 Å². The molecule has 1 unspecified atom stereocenters. The Balaban J connectivity index is 1.47. The van der Waals surface area contributed by atoms with E-state index in [-0.39, 0.29) is 11.8 Å². The molecule has 1 aliphatic rings. The molecule has 5 nitrogen and oxygen atoms in total. The number of ether oxygens (including phenoxy) is 1. The smallest absolute Gasteiger partial charge is 0.229 e. The van der Waals surface area contributed by atoms with Crippen molar-refractivity contribution in [1.82, 2.24) is 4.98 Å². The summed E-state index contributed by atoms with van der Waals surface area (Å²) in [5, 5.41) is 4.53. The van der Waals surface area contributed by atoms with Crippen molar-refractivity contribution < 1.29 is 9.53 Å². The molecule has 0 saturated carbocycles. The largest absolute Gasteiger partial charge is 0.494 e. The van der Waals surface area contributed by atoms with E-state index in [0.29, 0.717) is 23.9 Å². The number of nitrogens with one attached hydrogen (secondary N) is 1. The molecule has 0 spiro atoms. The van der Waals surface area contributed by atoms with Gasteiger partial charge < -0.3 is 15.0 Å². The molecule has 1 aliphatic heterocycles. The highest BCUT2D eigenvalue weighted by molar-refractivity contribution is 7.22. The minimum Gasteiger partial charge on any atom is -0.494 e. The Morgan fingerprint density at radius 1 is 1.34 bits per heavy atom. The van der Waals surface area contributed by atoms with Gasteiger partial charge in [0.05, 0.1) is 33.5 Å². The first kappa shape index (κ1) is 20.0. The van der Waals surface area contributed by atoms with Crippen molar-refractivity contribution in [3.05, 3.63) is 47.0 Å². The van der Waals surface area contributed by atoms with Gasteiger partial charge in [0.2, 0.25) is 5.91 Å². The second-order valence-electron chi connectivity index (χ2n) is 7.32. The molecule has 1 atom stereocenters. The van der Waals surface area contributed by atoms with Gasteiger partial charge in [0.25, 0.3) is 0 Å². The Morgan fingerprint density at radius 3 is 3.00 bits per heavy atom. The van der Waals surface area contributed by atoms with Crippen molar-refractivity contribution in [3.63, 3.8) is 0 Å². The van der Waals surface area contributed by atoms with Gasteiger partial charge in [-0.3, -0.25) is 4.79 Å². The lowest BCUT2D eigenvalue weighted by atomic mass is 9.97. The lowest BCUT2D eigenvalue weighted by molar-refractivity contribution is -0.120. The van der Waals surface area contributed by atoms with Crippen LogP contribution in [0.1, 0.15) is 25.3 Å². The second-order valence-corrected chi connectivity index (χ2v) is 8.73. The number of anilines is 2. The van der Waals surface area contributed by atoms with Gasteiger partial charge in [-0.2, -0.15) is 0 Å². The van der Waals surface area contributed by atoms with Crippen LogP contribution in [-0.2, 0) is 4.79 Å². The fraction of sp³-hybridized carbons (Fsp3) is 0.364. The molecule has 1 N–H and O–H groups in total. The van der Waals surface area contributed by atoms with Crippen molar-refractivity contribution in [2.75, 3.05) is 29.9 Å². The number of hydrogen-bond donors (Lipinski definition) is 1. The van der Waals surface area contributed by atoms with Crippen molar-refractivity contribution in [3.8, 4) is 5.75 Å². The number of fused-ring (bicyclic) bond motifs is 1. The SMILES string of the molecule is CCOc1ccc2nc(N3CCCC(C(=O)Nc4ccc(C)cc4Cl)C3)sc2c1. The summed E-state index contributed by atoms with van der Waals surface area (Å²) in [6, 6.07) is 11.7. The maximum absolute atomic E-state index is 12.8. The molecule has 0 bridgehead atoms. The number of carbonyl (C=O) groups is 1. The predicted octanol–water partition coefficient (Wildman–Crippen LogP) is 5.51. The van der Waals surface area contributed by atoms with Gasteiger partial charge in [0.15, 0.2) is 5.13 Å². The van der Waals surface area contributed by atoms with Gasteiger partial charge >= 0.3 is 0 Å². The highest BCUT2D eigenvalue weighted by Crippen LogP contribution is 2.34. The van der Waals surface area contributed by atoms with Gasteiger partial charge in [-0.15, -0.1) is 0 Å². The first-order valence-electron chi connectivity index (χ1n) is 9.89. The standard InChI is InChI=1S/C22H24ClN3O2S/c1-3-28-16-7-9-19-20(12-16)29-22(25-19)26-10-4-5-15(13-26)21(27)24-18-8-6-14(2)11-17(18)23/h6-9,11-12,15H,3-5,10,13H2,1-2H3,(H,24,27). The van der Waals surface area contributed by atoms with E-state index in [9.17, 15) is 4.79 Å². The molecule has 152 valence electrons. The van der Waals surface area contributed by atoms with Crippen LogP contribution in [0.15, 0.2) is 36.4 Å². The molecular formula is C22H24ClN3O2S. The van der Waals surface area contributed by atoms with Crippen LogP contribution in [0.25, 0.3) is 10.2 Å². The number of piperidine rings is 1.